The number of non-ortho nitro benzene ring substituents is 1. The molecule has 0 fully saturated rings. The molecule has 1 N–H and O–H groups in total. The molecule has 9 nitrogen and oxygen atoms in total. The summed E-state index contributed by atoms with van der Waals surface area (Å²) in [5.41, 5.74) is 3.88. The van der Waals surface area contributed by atoms with Gasteiger partial charge in [-0.2, -0.15) is 5.10 Å². The number of carbonyl (C=O) groups is 1. The number of nitro groups is 1. The number of nitro benzene ring substituents is 1. The normalized spacial score (nSPS) is 15.1. The summed E-state index contributed by atoms with van der Waals surface area (Å²) < 4.78 is 16.4. The van der Waals surface area contributed by atoms with E-state index in [9.17, 15) is 14.9 Å². The zero-order chi connectivity index (χ0) is 20.1. The minimum Gasteiger partial charge on any atom is -0.493 e. The van der Waals surface area contributed by atoms with E-state index in [0.717, 1.165) is 5.56 Å². The molecule has 1 amide bonds. The quantitative estimate of drug-likeness (QED) is 0.604. The number of methoxy groups -OCH3 is 1. The van der Waals surface area contributed by atoms with Gasteiger partial charge < -0.3 is 14.2 Å². The van der Waals surface area contributed by atoms with Crippen molar-refractivity contribution >= 4 is 17.3 Å². The average molecular weight is 385 g/mol. The van der Waals surface area contributed by atoms with Gasteiger partial charge in [-0.3, -0.25) is 14.9 Å². The second kappa shape index (κ2) is 8.38. The number of carbonyl (C=O) groups excluding carboxylic acids is 1. The summed E-state index contributed by atoms with van der Waals surface area (Å²) in [6.07, 6.45) is -0.298. The lowest BCUT2D eigenvalue weighted by atomic mass is 10.0. The van der Waals surface area contributed by atoms with E-state index in [0.29, 0.717) is 36.0 Å². The summed E-state index contributed by atoms with van der Waals surface area (Å²) in [5, 5.41) is 14.9. The van der Waals surface area contributed by atoms with Crippen molar-refractivity contribution in [3.8, 4) is 17.2 Å². The molecule has 0 aliphatic carbocycles. The van der Waals surface area contributed by atoms with Gasteiger partial charge in [0.1, 0.15) is 5.75 Å². The van der Waals surface area contributed by atoms with E-state index in [4.69, 9.17) is 14.2 Å². The summed E-state index contributed by atoms with van der Waals surface area (Å²) in [4.78, 5) is 22.5. The number of hydrogen-bond donors (Lipinski definition) is 1. The second-order valence-electron chi connectivity index (χ2n) is 5.98. The van der Waals surface area contributed by atoms with Gasteiger partial charge in [-0.05, 0) is 31.2 Å². The Kier molecular flexibility index (Phi) is 5.73. The van der Waals surface area contributed by atoms with Crippen molar-refractivity contribution in [3.63, 3.8) is 0 Å². The van der Waals surface area contributed by atoms with Gasteiger partial charge >= 0.3 is 0 Å². The molecular weight excluding hydrogens is 366 g/mol. The fraction of sp³-hybridized carbons (Fsp3) is 0.263. The Balaban J connectivity index is 1.66. The Morgan fingerprint density at radius 2 is 2.04 bits per heavy atom. The van der Waals surface area contributed by atoms with Gasteiger partial charge in [-0.15, -0.1) is 0 Å². The number of nitrogens with zero attached hydrogens (tertiary/aromatic N) is 2. The molecule has 0 saturated heterocycles. The molecular formula is C19H19N3O6. The molecule has 3 rings (SSSR count). The standard InChI is InChI=1S/C19H19N3O6/c1-12(28-14-8-6-13(7-9-14)22(24)25)19(23)21-20-16-10-11-27-18-15(16)4-3-5-17(18)26-2/h3-9,12H,10-11H2,1-2H3,(H,21,23)/b20-16-/t12-/m0/s1. The molecule has 0 saturated carbocycles. The molecule has 2 aromatic carbocycles. The number of nitrogens with one attached hydrogen (secondary N) is 1. The van der Waals surface area contributed by atoms with Gasteiger partial charge in [0.25, 0.3) is 11.6 Å². The molecule has 1 aliphatic heterocycles. The maximum Gasteiger partial charge on any atom is 0.280 e. The van der Waals surface area contributed by atoms with E-state index in [1.54, 1.807) is 20.1 Å². The van der Waals surface area contributed by atoms with Gasteiger partial charge in [-0.1, -0.05) is 6.07 Å². The summed E-state index contributed by atoms with van der Waals surface area (Å²) in [5.74, 6) is 1.11. The summed E-state index contributed by atoms with van der Waals surface area (Å²) in [6.45, 7) is 1.99. The van der Waals surface area contributed by atoms with Crippen molar-refractivity contribution < 1.29 is 23.9 Å². The average Bonchev–Trinajstić information content (AvgIpc) is 2.71. The van der Waals surface area contributed by atoms with Crippen LogP contribution in [0.5, 0.6) is 17.2 Å². The molecule has 9 heteroatoms. The molecule has 28 heavy (non-hydrogen) atoms. The number of ether oxygens (including phenoxy) is 3. The predicted octanol–water partition coefficient (Wildman–Crippen LogP) is 2.67. The lowest BCUT2D eigenvalue weighted by Gasteiger charge is -2.21. The van der Waals surface area contributed by atoms with Crippen LogP contribution in [0, 0.1) is 10.1 Å². The van der Waals surface area contributed by atoms with Crippen LogP contribution in [0.1, 0.15) is 18.9 Å². The highest BCUT2D eigenvalue weighted by atomic mass is 16.6. The van der Waals surface area contributed by atoms with Crippen LogP contribution in [-0.4, -0.2) is 36.4 Å². The van der Waals surface area contributed by atoms with Gasteiger partial charge in [0.2, 0.25) is 0 Å². The van der Waals surface area contributed by atoms with Gasteiger partial charge in [0.15, 0.2) is 17.6 Å². The third-order valence-electron chi connectivity index (χ3n) is 4.13. The zero-order valence-electron chi connectivity index (χ0n) is 15.4. The molecule has 146 valence electrons. The molecule has 0 unspecified atom stereocenters. The third kappa shape index (κ3) is 4.20. The van der Waals surface area contributed by atoms with Crippen molar-refractivity contribution in [2.45, 2.75) is 19.4 Å². The van der Waals surface area contributed by atoms with Crippen LogP contribution < -0.4 is 19.6 Å². The summed E-state index contributed by atoms with van der Waals surface area (Å²) in [7, 11) is 1.56. The Labute approximate surface area is 161 Å². The number of hydrogen-bond acceptors (Lipinski definition) is 7. The van der Waals surface area contributed by atoms with Gasteiger partial charge in [0.05, 0.1) is 24.4 Å². The highest BCUT2D eigenvalue weighted by Gasteiger charge is 2.21. The molecule has 1 aliphatic rings. The van der Waals surface area contributed by atoms with Crippen LogP contribution >= 0.6 is 0 Å². The maximum atomic E-state index is 12.3. The first kappa shape index (κ1) is 19.2. The van der Waals surface area contributed by atoms with Crippen LogP contribution in [0.4, 0.5) is 5.69 Å². The number of fused-ring (bicyclic) bond motifs is 1. The van der Waals surface area contributed by atoms with E-state index in [1.807, 2.05) is 12.1 Å². The second-order valence-corrected chi connectivity index (χ2v) is 5.98. The van der Waals surface area contributed by atoms with Crippen LogP contribution in [-0.2, 0) is 4.79 Å². The summed E-state index contributed by atoms with van der Waals surface area (Å²) in [6, 6.07) is 11.0. The van der Waals surface area contributed by atoms with Crippen molar-refractivity contribution in [2.75, 3.05) is 13.7 Å². The molecule has 0 bridgehead atoms. The van der Waals surface area contributed by atoms with Crippen molar-refractivity contribution in [2.24, 2.45) is 5.10 Å². The minimum atomic E-state index is -0.838. The molecule has 2 aromatic rings. The summed E-state index contributed by atoms with van der Waals surface area (Å²) >= 11 is 0. The Hall–Kier alpha value is -3.62. The number of para-hydroxylation sites is 1. The van der Waals surface area contributed by atoms with Crippen LogP contribution in [0.25, 0.3) is 0 Å². The van der Waals surface area contributed by atoms with Crippen LogP contribution in [0.2, 0.25) is 0 Å². The van der Waals surface area contributed by atoms with E-state index >= 15 is 0 Å². The van der Waals surface area contributed by atoms with Crippen molar-refractivity contribution in [3.05, 3.63) is 58.1 Å². The van der Waals surface area contributed by atoms with E-state index < -0.39 is 16.9 Å². The number of benzene rings is 2. The highest BCUT2D eigenvalue weighted by Crippen LogP contribution is 2.34. The number of rotatable bonds is 6. The highest BCUT2D eigenvalue weighted by molar-refractivity contribution is 6.04. The SMILES string of the molecule is COc1cccc2c1OCC/C2=N/NC(=O)[C@H](C)Oc1ccc([N+](=O)[O-])cc1. The first-order valence-corrected chi connectivity index (χ1v) is 8.57. The van der Waals surface area contributed by atoms with Crippen molar-refractivity contribution in [1.82, 2.24) is 5.43 Å². The molecule has 1 atom stereocenters. The van der Waals surface area contributed by atoms with E-state index in [2.05, 4.69) is 10.5 Å². The number of amides is 1. The first-order valence-electron chi connectivity index (χ1n) is 8.57. The Bertz CT molecular complexity index is 910. The predicted molar refractivity (Wildman–Crippen MR) is 101 cm³/mol. The third-order valence-corrected chi connectivity index (χ3v) is 4.13. The first-order chi connectivity index (χ1) is 13.5. The molecule has 0 aromatic heterocycles. The number of hydrazone groups is 1. The lowest BCUT2D eigenvalue weighted by molar-refractivity contribution is -0.384. The van der Waals surface area contributed by atoms with Crippen LogP contribution in [0.15, 0.2) is 47.6 Å². The van der Waals surface area contributed by atoms with Gasteiger partial charge in [0, 0.05) is 24.1 Å². The van der Waals surface area contributed by atoms with Crippen molar-refractivity contribution in [1.29, 1.82) is 0 Å². The Morgan fingerprint density at radius 1 is 1.29 bits per heavy atom. The molecule has 0 spiro atoms. The Morgan fingerprint density at radius 3 is 2.71 bits per heavy atom. The van der Waals surface area contributed by atoms with Crippen LogP contribution in [0.3, 0.4) is 0 Å². The van der Waals surface area contributed by atoms with E-state index in [1.165, 1.54) is 24.3 Å². The molecule has 1 heterocycles. The fourth-order valence-electron chi connectivity index (χ4n) is 2.67. The molecule has 0 radical (unpaired) electrons. The fourth-order valence-corrected chi connectivity index (χ4v) is 2.67. The largest absolute Gasteiger partial charge is 0.493 e. The lowest BCUT2D eigenvalue weighted by Crippen LogP contribution is -2.34. The van der Waals surface area contributed by atoms with E-state index in [-0.39, 0.29) is 5.69 Å². The smallest absolute Gasteiger partial charge is 0.280 e. The zero-order valence-corrected chi connectivity index (χ0v) is 15.4. The van der Waals surface area contributed by atoms with Gasteiger partial charge in [-0.25, -0.2) is 5.43 Å². The monoisotopic (exact) mass is 385 g/mol. The topological polar surface area (TPSA) is 112 Å². The maximum absolute atomic E-state index is 12.3. The minimum absolute atomic E-state index is 0.0514.